The summed E-state index contributed by atoms with van der Waals surface area (Å²) in [5.41, 5.74) is 10.7. The van der Waals surface area contributed by atoms with Gasteiger partial charge < -0.3 is 14.4 Å². The number of methoxy groups -OCH3 is 2. The molecule has 2 heterocycles. The molecule has 2 spiro atoms. The predicted molar refractivity (Wildman–Crippen MR) is 236 cm³/mol. The smallest absolute Gasteiger partial charge is 0.265 e. The van der Waals surface area contributed by atoms with Gasteiger partial charge >= 0.3 is 0 Å². The molecule has 2 aliphatic heterocycles. The molecule has 0 aromatic heterocycles. The number of rotatable bonds is 13. The maximum absolute atomic E-state index is 11.8. The van der Waals surface area contributed by atoms with Gasteiger partial charge in [-0.3, -0.25) is 9.11 Å². The average molecular weight is 869 g/mol. The minimum Gasteiger partial charge on any atom is -0.496 e. The van der Waals surface area contributed by atoms with Crippen molar-refractivity contribution in [2.45, 2.75) is 121 Å². The summed E-state index contributed by atoms with van der Waals surface area (Å²) in [5, 5.41) is 0.734. The summed E-state index contributed by atoms with van der Waals surface area (Å²) in [7, 11) is -4.83. The normalized spacial score (nSPS) is 21.7. The van der Waals surface area contributed by atoms with E-state index in [1.54, 1.807) is 14.2 Å². The third kappa shape index (κ3) is 8.58. The van der Waals surface area contributed by atoms with Crippen molar-refractivity contribution in [1.82, 2.24) is 0 Å². The third-order valence-electron chi connectivity index (χ3n) is 13.7. The van der Waals surface area contributed by atoms with Crippen LogP contribution in [0.2, 0.25) is 0 Å². The van der Waals surface area contributed by atoms with E-state index in [0.717, 1.165) is 145 Å². The number of anilines is 1. The first-order chi connectivity index (χ1) is 28.1. The van der Waals surface area contributed by atoms with Crippen LogP contribution in [0.3, 0.4) is 0 Å². The summed E-state index contributed by atoms with van der Waals surface area (Å²) < 4.78 is 80.4. The Balaban J connectivity index is 1.30. The number of benzene rings is 2. The molecule has 7 rings (SSSR count). The van der Waals surface area contributed by atoms with Crippen LogP contribution in [-0.2, 0) is 31.1 Å². The van der Waals surface area contributed by atoms with Crippen LogP contribution in [-0.4, -0.2) is 75.0 Å². The van der Waals surface area contributed by atoms with Crippen LogP contribution in [0, 0.1) is 13.8 Å². The van der Waals surface area contributed by atoms with Gasteiger partial charge in [0.15, 0.2) is 5.71 Å². The zero-order chi connectivity index (χ0) is 42.2. The number of ether oxygens (including phenoxy) is 2. The Labute approximate surface area is 356 Å². The van der Waals surface area contributed by atoms with Crippen molar-refractivity contribution in [1.29, 1.82) is 0 Å². The van der Waals surface area contributed by atoms with E-state index in [1.807, 2.05) is 12.1 Å². The minimum atomic E-state index is -4.11. The molecule has 3 aliphatic carbocycles. The van der Waals surface area contributed by atoms with E-state index in [1.165, 1.54) is 11.1 Å². The van der Waals surface area contributed by atoms with E-state index in [9.17, 15) is 25.9 Å². The molecule has 320 valence electrons. The molecule has 0 saturated heterocycles. The van der Waals surface area contributed by atoms with Gasteiger partial charge in [-0.05, 0) is 112 Å². The topological polar surface area (TPSA) is 133 Å². The Morgan fingerprint density at radius 1 is 0.746 bits per heavy atom. The highest BCUT2D eigenvalue weighted by Crippen LogP contribution is 2.58. The zero-order valence-corrected chi connectivity index (χ0v) is 37.4. The van der Waals surface area contributed by atoms with Gasteiger partial charge in [-0.1, -0.05) is 62.3 Å². The van der Waals surface area contributed by atoms with E-state index in [4.69, 9.17) is 21.1 Å². The van der Waals surface area contributed by atoms with Gasteiger partial charge in [-0.25, -0.2) is 0 Å². The summed E-state index contributed by atoms with van der Waals surface area (Å²) >= 11 is 7.39. The highest BCUT2D eigenvalue weighted by molar-refractivity contribution is 7.86. The molecule has 5 aliphatic rings. The maximum atomic E-state index is 11.8. The fourth-order valence-electron chi connectivity index (χ4n) is 11.2. The number of halogens is 1. The molecule has 2 N–H and O–H groups in total. The van der Waals surface area contributed by atoms with E-state index < -0.39 is 20.2 Å². The molecule has 0 bridgehead atoms. The molecule has 10 nitrogen and oxygen atoms in total. The Kier molecular flexibility index (Phi) is 13.0. The summed E-state index contributed by atoms with van der Waals surface area (Å²) in [6.45, 7) is 5.14. The molecule has 0 atom stereocenters. The Bertz CT molecular complexity index is 2350. The van der Waals surface area contributed by atoms with Crippen LogP contribution in [0.1, 0.15) is 119 Å². The van der Waals surface area contributed by atoms with Crippen molar-refractivity contribution in [3.63, 3.8) is 0 Å². The third-order valence-corrected chi connectivity index (χ3v) is 15.7. The standard InChI is InChI=1S/C46H59ClN2O8S2/c1-32-38(56-3)20-18-36-42(32)45(24-7-5-8-25-45)40(48(36)28-12-30-58(50,51)52)22-16-34-14-11-15-35(44(34)47)17-23-41-46(26-9-6-10-27-46)43-33(2)39(57-4)21-19-37(43)49(41)29-13-31-59(53,54)55/h16-23H,5-15,24-31H2,1-4H3,(H-,50,51,52,53,54,55)/p+1. The lowest BCUT2D eigenvalue weighted by Crippen LogP contribution is -2.37. The number of nitrogens with zero attached hydrogens (tertiary/aromatic N) is 2. The Morgan fingerprint density at radius 3 is 1.97 bits per heavy atom. The van der Waals surface area contributed by atoms with Crippen LogP contribution < -0.4 is 14.4 Å². The van der Waals surface area contributed by atoms with Crippen molar-refractivity contribution in [2.24, 2.45) is 0 Å². The van der Waals surface area contributed by atoms with Crippen LogP contribution >= 0.6 is 11.6 Å². The predicted octanol–water partition coefficient (Wildman–Crippen LogP) is 9.94. The molecule has 2 aromatic rings. The second kappa shape index (κ2) is 17.5. The van der Waals surface area contributed by atoms with Crippen molar-refractivity contribution in [3.05, 3.63) is 92.7 Å². The van der Waals surface area contributed by atoms with E-state index in [0.29, 0.717) is 13.1 Å². The van der Waals surface area contributed by atoms with Crippen molar-refractivity contribution in [3.8, 4) is 11.5 Å². The van der Waals surface area contributed by atoms with Gasteiger partial charge in [-0.15, -0.1) is 0 Å². The molecule has 13 heteroatoms. The van der Waals surface area contributed by atoms with Crippen molar-refractivity contribution < 1.29 is 40.0 Å². The summed E-state index contributed by atoms with van der Waals surface area (Å²) in [6, 6.07) is 8.17. The van der Waals surface area contributed by atoms with Gasteiger partial charge in [0.2, 0.25) is 5.69 Å². The SMILES string of the molecule is COc1ccc2c(c1C)C1(CCCCC1)C(/C=C/C1=C(Cl)C(=C/C=C3\N(CCCS(=O)(=O)O)c4ccc(OC)c(C)c4C34CCCCC4)/CCC1)=[N+]2CCCS(=O)(=O)O. The van der Waals surface area contributed by atoms with Crippen molar-refractivity contribution >= 4 is 48.9 Å². The molecular weight excluding hydrogens is 808 g/mol. The first-order valence-corrected chi connectivity index (χ1v) is 24.9. The van der Waals surface area contributed by atoms with Gasteiger partial charge in [0.05, 0.1) is 31.1 Å². The highest BCUT2D eigenvalue weighted by atomic mass is 35.5. The summed E-state index contributed by atoms with van der Waals surface area (Å²) in [6.07, 6.45) is 22.5. The fraction of sp³-hybridized carbons (Fsp3) is 0.543. The molecule has 0 unspecified atom stereocenters. The molecule has 0 radical (unpaired) electrons. The average Bonchev–Trinajstić information content (AvgIpc) is 3.59. The quantitative estimate of drug-likeness (QED) is 0.149. The van der Waals surface area contributed by atoms with Gasteiger partial charge in [0.1, 0.15) is 18.0 Å². The van der Waals surface area contributed by atoms with Crippen LogP contribution in [0.15, 0.2) is 70.4 Å². The van der Waals surface area contributed by atoms with E-state index in [2.05, 4.69) is 59.8 Å². The van der Waals surface area contributed by atoms with Crippen LogP contribution in [0.5, 0.6) is 11.5 Å². The minimum absolute atomic E-state index is 0.253. The van der Waals surface area contributed by atoms with Gasteiger partial charge in [-0.2, -0.15) is 21.4 Å². The van der Waals surface area contributed by atoms with Crippen LogP contribution in [0.25, 0.3) is 0 Å². The highest BCUT2D eigenvalue weighted by Gasteiger charge is 2.53. The van der Waals surface area contributed by atoms with Crippen LogP contribution in [0.4, 0.5) is 11.4 Å². The fourth-order valence-corrected chi connectivity index (χ4v) is 12.5. The molecule has 2 fully saturated rings. The molecular formula is C46H60ClN2O8S2+. The first-order valence-electron chi connectivity index (χ1n) is 21.3. The maximum Gasteiger partial charge on any atom is 0.265 e. The van der Waals surface area contributed by atoms with E-state index >= 15 is 0 Å². The van der Waals surface area contributed by atoms with Gasteiger partial charge in [0.25, 0.3) is 20.2 Å². The molecule has 0 amide bonds. The second-order valence-corrected chi connectivity index (χ2v) is 20.6. The number of hydrogen-bond donors (Lipinski definition) is 2. The molecule has 59 heavy (non-hydrogen) atoms. The Morgan fingerprint density at radius 2 is 1.34 bits per heavy atom. The second-order valence-electron chi connectivity index (χ2n) is 17.1. The number of hydrogen-bond acceptors (Lipinski definition) is 7. The lowest BCUT2D eigenvalue weighted by molar-refractivity contribution is -0.437. The number of allylic oxidation sites excluding steroid dienone is 8. The zero-order valence-electron chi connectivity index (χ0n) is 35.0. The monoisotopic (exact) mass is 867 g/mol. The van der Waals surface area contributed by atoms with E-state index in [-0.39, 0.29) is 35.2 Å². The molecule has 2 saturated carbocycles. The summed E-state index contributed by atoms with van der Waals surface area (Å²) in [4.78, 5) is 2.27. The lowest BCUT2D eigenvalue weighted by atomic mass is 9.66. The van der Waals surface area contributed by atoms with Gasteiger partial charge in [0, 0.05) is 58.1 Å². The Hall–Kier alpha value is -3.42. The van der Waals surface area contributed by atoms with Crippen molar-refractivity contribution in [2.75, 3.05) is 43.7 Å². The first kappa shape index (κ1) is 43.7. The molecule has 2 aromatic carbocycles. The summed E-state index contributed by atoms with van der Waals surface area (Å²) in [5.74, 6) is 1.06. The number of fused-ring (bicyclic) bond motifs is 4. The lowest BCUT2D eigenvalue weighted by Gasteiger charge is -2.37. The largest absolute Gasteiger partial charge is 0.496 e.